The molecule has 6 heteroatoms. The smallest absolute Gasteiger partial charge is 0.121 e. The predicted molar refractivity (Wildman–Crippen MR) is 91.3 cm³/mol. The van der Waals surface area contributed by atoms with Gasteiger partial charge in [-0.25, -0.2) is 0 Å². The molecule has 1 aliphatic carbocycles. The number of rotatable bonds is 4. The number of hydrogen-bond donors (Lipinski definition) is 2. The average Bonchev–Trinajstić information content (AvgIpc) is 2.83. The number of benzene rings is 1. The molecule has 1 heterocycles. The van der Waals surface area contributed by atoms with Crippen LogP contribution in [0.4, 0.5) is 0 Å². The third kappa shape index (κ3) is 4.52. The summed E-state index contributed by atoms with van der Waals surface area (Å²) < 4.78 is 5.99. The zero-order valence-electron chi connectivity index (χ0n) is 13.0. The van der Waals surface area contributed by atoms with E-state index in [-0.39, 0.29) is 6.10 Å². The molecule has 1 aromatic carbocycles. The van der Waals surface area contributed by atoms with Crippen molar-refractivity contribution in [3.8, 4) is 5.75 Å². The van der Waals surface area contributed by atoms with Crippen molar-refractivity contribution in [1.82, 2.24) is 4.90 Å². The molecule has 1 saturated heterocycles. The summed E-state index contributed by atoms with van der Waals surface area (Å²) in [6.45, 7) is 2.91. The second-order valence-electron chi connectivity index (χ2n) is 6.67. The molecule has 1 aromatic rings. The van der Waals surface area contributed by atoms with Crippen molar-refractivity contribution in [3.05, 3.63) is 28.2 Å². The van der Waals surface area contributed by atoms with Crippen LogP contribution in [0.25, 0.3) is 0 Å². The van der Waals surface area contributed by atoms with Gasteiger partial charge in [-0.1, -0.05) is 23.2 Å². The van der Waals surface area contributed by atoms with Crippen LogP contribution in [0.3, 0.4) is 0 Å². The van der Waals surface area contributed by atoms with Gasteiger partial charge in [-0.2, -0.15) is 0 Å². The van der Waals surface area contributed by atoms with Crippen LogP contribution >= 0.6 is 23.2 Å². The zero-order valence-corrected chi connectivity index (χ0v) is 14.5. The van der Waals surface area contributed by atoms with E-state index in [1.54, 1.807) is 12.1 Å². The van der Waals surface area contributed by atoms with Gasteiger partial charge in [-0.05, 0) is 43.7 Å². The first-order valence-corrected chi connectivity index (χ1v) is 8.97. The first-order valence-electron chi connectivity index (χ1n) is 8.21. The minimum Gasteiger partial charge on any atom is -0.490 e. The van der Waals surface area contributed by atoms with Gasteiger partial charge in [0.2, 0.25) is 0 Å². The van der Waals surface area contributed by atoms with Crippen molar-refractivity contribution >= 4 is 23.2 Å². The van der Waals surface area contributed by atoms with E-state index in [1.807, 2.05) is 6.07 Å². The summed E-state index contributed by atoms with van der Waals surface area (Å²) in [5.41, 5.74) is 0. The summed E-state index contributed by atoms with van der Waals surface area (Å²) in [5.74, 6) is 1.16. The maximum atomic E-state index is 9.64. The molecule has 0 unspecified atom stereocenters. The number of aliphatic hydroxyl groups is 2. The van der Waals surface area contributed by atoms with Gasteiger partial charge in [-0.3, -0.25) is 0 Å². The number of piperidine rings is 1. The number of ether oxygens (including phenoxy) is 1. The number of likely N-dealkylation sites (tertiary alicyclic amines) is 1. The van der Waals surface area contributed by atoms with Crippen LogP contribution in [0.15, 0.2) is 18.2 Å². The lowest BCUT2D eigenvalue weighted by atomic mass is 10.0. The van der Waals surface area contributed by atoms with Gasteiger partial charge in [0.25, 0.3) is 0 Å². The normalized spacial score (nSPS) is 27.5. The summed E-state index contributed by atoms with van der Waals surface area (Å²) in [6, 6.07) is 5.37. The topological polar surface area (TPSA) is 52.9 Å². The summed E-state index contributed by atoms with van der Waals surface area (Å²) in [5, 5.41) is 20.3. The van der Waals surface area contributed by atoms with Crippen molar-refractivity contribution in [2.75, 3.05) is 19.6 Å². The SMILES string of the molecule is O[C@@H]1CC(CN2CCC(Oc3ccc(Cl)c(Cl)c3)CC2)C[C@H]1O. The quantitative estimate of drug-likeness (QED) is 0.867. The van der Waals surface area contributed by atoms with E-state index in [0.717, 1.165) is 38.2 Å². The predicted octanol–water partition coefficient (Wildman–Crippen LogP) is 2.97. The first-order chi connectivity index (χ1) is 11.0. The van der Waals surface area contributed by atoms with E-state index in [9.17, 15) is 10.2 Å². The van der Waals surface area contributed by atoms with Crippen LogP contribution in [-0.2, 0) is 0 Å². The third-order valence-corrected chi connectivity index (χ3v) is 5.58. The van der Waals surface area contributed by atoms with Crippen LogP contribution < -0.4 is 4.74 Å². The molecule has 0 amide bonds. The molecule has 128 valence electrons. The van der Waals surface area contributed by atoms with Gasteiger partial charge in [0.1, 0.15) is 11.9 Å². The fourth-order valence-electron chi connectivity index (χ4n) is 3.56. The Balaban J connectivity index is 1.44. The first kappa shape index (κ1) is 17.3. The highest BCUT2D eigenvalue weighted by Gasteiger charge is 2.33. The lowest BCUT2D eigenvalue weighted by Crippen LogP contribution is -2.40. The van der Waals surface area contributed by atoms with E-state index in [0.29, 0.717) is 28.8 Å². The molecule has 0 bridgehead atoms. The Labute approximate surface area is 147 Å². The fraction of sp³-hybridized carbons (Fsp3) is 0.647. The molecule has 2 atom stereocenters. The molecule has 23 heavy (non-hydrogen) atoms. The largest absolute Gasteiger partial charge is 0.490 e. The molecule has 2 N–H and O–H groups in total. The standard InChI is InChI=1S/C17H23Cl2NO3/c18-14-2-1-13(9-15(14)19)23-12-3-5-20(6-4-12)10-11-7-16(21)17(22)8-11/h1-2,9,11-12,16-17,21-22H,3-8,10H2/t16-,17-/m1/s1. The van der Waals surface area contributed by atoms with Crippen LogP contribution in [0.1, 0.15) is 25.7 Å². The van der Waals surface area contributed by atoms with Crippen molar-refractivity contribution in [1.29, 1.82) is 0 Å². The molecular formula is C17H23Cl2NO3. The minimum absolute atomic E-state index is 0.197. The summed E-state index contributed by atoms with van der Waals surface area (Å²) in [6.07, 6.45) is 2.46. The van der Waals surface area contributed by atoms with E-state index in [2.05, 4.69) is 4.90 Å². The Hall–Kier alpha value is -0.520. The molecular weight excluding hydrogens is 337 g/mol. The van der Waals surface area contributed by atoms with Crippen LogP contribution in [0, 0.1) is 5.92 Å². The number of halogens is 2. The molecule has 2 aliphatic rings. The molecule has 1 saturated carbocycles. The Kier molecular flexibility index (Phi) is 5.70. The molecule has 0 radical (unpaired) electrons. The molecule has 0 spiro atoms. The van der Waals surface area contributed by atoms with Crippen molar-refractivity contribution in [2.45, 2.75) is 44.0 Å². The lowest BCUT2D eigenvalue weighted by molar-refractivity contribution is 0.0438. The van der Waals surface area contributed by atoms with Gasteiger partial charge >= 0.3 is 0 Å². The van der Waals surface area contributed by atoms with Gasteiger partial charge in [-0.15, -0.1) is 0 Å². The van der Waals surface area contributed by atoms with E-state index < -0.39 is 12.2 Å². The Morgan fingerprint density at radius 3 is 2.30 bits per heavy atom. The number of hydrogen-bond acceptors (Lipinski definition) is 4. The van der Waals surface area contributed by atoms with Crippen molar-refractivity contribution in [3.63, 3.8) is 0 Å². The molecule has 3 rings (SSSR count). The Morgan fingerprint density at radius 2 is 1.70 bits per heavy atom. The maximum Gasteiger partial charge on any atom is 0.121 e. The second kappa shape index (κ2) is 7.58. The molecule has 0 aromatic heterocycles. The molecule has 1 aliphatic heterocycles. The summed E-state index contributed by atoms with van der Waals surface area (Å²) >= 11 is 11.9. The van der Waals surface area contributed by atoms with Crippen LogP contribution in [0.5, 0.6) is 5.75 Å². The van der Waals surface area contributed by atoms with Gasteiger partial charge in [0.05, 0.1) is 22.3 Å². The van der Waals surface area contributed by atoms with Crippen LogP contribution in [-0.4, -0.2) is 53.1 Å². The number of aliphatic hydroxyl groups excluding tert-OH is 2. The number of nitrogens with zero attached hydrogens (tertiary/aromatic N) is 1. The monoisotopic (exact) mass is 359 g/mol. The Morgan fingerprint density at radius 1 is 1.04 bits per heavy atom. The third-order valence-electron chi connectivity index (χ3n) is 4.84. The highest BCUT2D eigenvalue weighted by Crippen LogP contribution is 2.30. The van der Waals surface area contributed by atoms with Crippen molar-refractivity contribution < 1.29 is 14.9 Å². The minimum atomic E-state index is -0.546. The van der Waals surface area contributed by atoms with Crippen molar-refractivity contribution in [2.24, 2.45) is 5.92 Å². The van der Waals surface area contributed by atoms with E-state index in [4.69, 9.17) is 27.9 Å². The highest BCUT2D eigenvalue weighted by atomic mass is 35.5. The van der Waals surface area contributed by atoms with Gasteiger partial charge in [0.15, 0.2) is 0 Å². The van der Waals surface area contributed by atoms with Crippen LogP contribution in [0.2, 0.25) is 10.0 Å². The van der Waals surface area contributed by atoms with Gasteiger partial charge in [0, 0.05) is 25.7 Å². The van der Waals surface area contributed by atoms with E-state index in [1.165, 1.54) is 0 Å². The zero-order chi connectivity index (χ0) is 16.4. The molecule has 4 nitrogen and oxygen atoms in total. The van der Waals surface area contributed by atoms with Gasteiger partial charge < -0.3 is 19.8 Å². The second-order valence-corrected chi connectivity index (χ2v) is 7.48. The lowest BCUT2D eigenvalue weighted by Gasteiger charge is -2.33. The summed E-state index contributed by atoms with van der Waals surface area (Å²) in [7, 11) is 0. The summed E-state index contributed by atoms with van der Waals surface area (Å²) in [4.78, 5) is 2.41. The van der Waals surface area contributed by atoms with E-state index >= 15 is 0 Å². The fourth-order valence-corrected chi connectivity index (χ4v) is 3.85. The molecule has 2 fully saturated rings. The maximum absolute atomic E-state index is 9.64. The highest BCUT2D eigenvalue weighted by molar-refractivity contribution is 6.42. The Bertz CT molecular complexity index is 525. The average molecular weight is 360 g/mol.